The Morgan fingerprint density at radius 3 is 1.59 bits per heavy atom. The van der Waals surface area contributed by atoms with Gasteiger partial charge < -0.3 is 5.32 Å². The third-order valence-corrected chi connectivity index (χ3v) is 6.08. The number of nitrogens with one attached hydrogen (secondary N) is 1. The molecule has 1 aromatic heterocycles. The second-order valence-electron chi connectivity index (χ2n) is 7.93. The second-order valence-corrected chi connectivity index (χ2v) is 8.88. The predicted molar refractivity (Wildman–Crippen MR) is 122 cm³/mol. The molecular formula is C24H43NOS. The van der Waals surface area contributed by atoms with Crippen molar-refractivity contribution in [2.24, 2.45) is 0 Å². The Bertz CT molecular complexity index is 430. The molecule has 2 nitrogen and oxygen atoms in total. The number of hydrogen-bond acceptors (Lipinski definition) is 2. The summed E-state index contributed by atoms with van der Waals surface area (Å²) in [4.78, 5) is 11.8. The van der Waals surface area contributed by atoms with E-state index >= 15 is 0 Å². The maximum atomic E-state index is 11.8. The molecule has 1 N–H and O–H groups in total. The Balaban J connectivity index is 1.71. The van der Waals surface area contributed by atoms with Crippen molar-refractivity contribution in [3.05, 3.63) is 17.5 Å². The summed E-state index contributed by atoms with van der Waals surface area (Å²) in [7, 11) is 0. The number of hydrogen-bond donors (Lipinski definition) is 1. The van der Waals surface area contributed by atoms with Crippen molar-refractivity contribution >= 4 is 22.2 Å². The average molecular weight is 394 g/mol. The number of unbranched alkanes of at least 4 members (excludes halogenated alkanes) is 16. The molecular weight excluding hydrogens is 350 g/mol. The second kappa shape index (κ2) is 18.5. The molecule has 0 saturated heterocycles. The molecule has 0 aromatic carbocycles. The molecule has 0 aliphatic rings. The molecule has 0 unspecified atom stereocenters. The molecule has 0 aliphatic carbocycles. The van der Waals surface area contributed by atoms with E-state index in [1.165, 1.54) is 103 Å². The van der Waals surface area contributed by atoms with Crippen molar-refractivity contribution < 1.29 is 4.79 Å². The standard InChI is InChI=1S/C24H43NOS/c1-2-3-4-5-6-7-8-9-10-11-12-13-14-15-16-17-18-20-23(26)25-24-21-19-22-27-24/h19,21-22H,2-18,20H2,1H3,(H,25,26). The van der Waals surface area contributed by atoms with Gasteiger partial charge in [0.2, 0.25) is 5.91 Å². The van der Waals surface area contributed by atoms with Gasteiger partial charge in [0, 0.05) is 6.42 Å². The van der Waals surface area contributed by atoms with Gasteiger partial charge in [0.05, 0.1) is 5.00 Å². The fourth-order valence-corrected chi connectivity index (χ4v) is 4.19. The van der Waals surface area contributed by atoms with Crippen LogP contribution in [0, 0.1) is 0 Å². The van der Waals surface area contributed by atoms with Gasteiger partial charge in [-0.1, -0.05) is 110 Å². The lowest BCUT2D eigenvalue weighted by atomic mass is 10.0. The van der Waals surface area contributed by atoms with Crippen molar-refractivity contribution in [2.45, 2.75) is 122 Å². The van der Waals surface area contributed by atoms with Crippen LogP contribution in [-0.4, -0.2) is 5.91 Å². The lowest BCUT2D eigenvalue weighted by molar-refractivity contribution is -0.116. The topological polar surface area (TPSA) is 29.1 Å². The lowest BCUT2D eigenvalue weighted by Crippen LogP contribution is -2.09. The van der Waals surface area contributed by atoms with Crippen molar-refractivity contribution in [2.75, 3.05) is 5.32 Å². The van der Waals surface area contributed by atoms with Crippen LogP contribution < -0.4 is 5.32 Å². The van der Waals surface area contributed by atoms with Crippen LogP contribution in [-0.2, 0) is 4.79 Å². The van der Waals surface area contributed by atoms with E-state index < -0.39 is 0 Å². The zero-order valence-corrected chi connectivity index (χ0v) is 18.6. The number of carbonyl (C=O) groups excluding carboxylic acids is 1. The van der Waals surface area contributed by atoms with E-state index in [0.29, 0.717) is 6.42 Å². The first-order chi connectivity index (χ1) is 13.3. The highest BCUT2D eigenvalue weighted by Gasteiger charge is 2.02. The number of thiophene rings is 1. The van der Waals surface area contributed by atoms with E-state index in [9.17, 15) is 4.79 Å². The molecule has 0 fully saturated rings. The maximum Gasteiger partial charge on any atom is 0.224 e. The van der Waals surface area contributed by atoms with Crippen LogP contribution in [0.1, 0.15) is 122 Å². The smallest absolute Gasteiger partial charge is 0.224 e. The summed E-state index contributed by atoms with van der Waals surface area (Å²) in [5, 5.41) is 5.91. The molecule has 0 bridgehead atoms. The van der Waals surface area contributed by atoms with Crippen molar-refractivity contribution in [3.8, 4) is 0 Å². The number of amides is 1. The van der Waals surface area contributed by atoms with Crippen LogP contribution in [0.15, 0.2) is 17.5 Å². The minimum absolute atomic E-state index is 0.165. The quantitative estimate of drug-likeness (QED) is 0.234. The van der Waals surface area contributed by atoms with Gasteiger partial charge >= 0.3 is 0 Å². The van der Waals surface area contributed by atoms with Gasteiger partial charge in [-0.15, -0.1) is 11.3 Å². The van der Waals surface area contributed by atoms with Gasteiger partial charge in [0.15, 0.2) is 0 Å². The third-order valence-electron chi connectivity index (χ3n) is 5.29. The molecule has 1 amide bonds. The first-order valence-electron chi connectivity index (χ1n) is 11.7. The fraction of sp³-hybridized carbons (Fsp3) is 0.792. The van der Waals surface area contributed by atoms with Crippen LogP contribution in [0.25, 0.3) is 0 Å². The summed E-state index contributed by atoms with van der Waals surface area (Å²) in [6, 6.07) is 3.92. The van der Waals surface area contributed by atoms with Gasteiger partial charge in [-0.05, 0) is 23.9 Å². The highest BCUT2D eigenvalue weighted by atomic mass is 32.1. The summed E-state index contributed by atoms with van der Waals surface area (Å²) in [6.45, 7) is 2.29. The van der Waals surface area contributed by atoms with Crippen LogP contribution >= 0.6 is 11.3 Å². The maximum absolute atomic E-state index is 11.8. The fourth-order valence-electron chi connectivity index (χ4n) is 3.56. The number of anilines is 1. The monoisotopic (exact) mass is 393 g/mol. The van der Waals surface area contributed by atoms with E-state index in [4.69, 9.17) is 0 Å². The van der Waals surface area contributed by atoms with Crippen molar-refractivity contribution in [1.82, 2.24) is 0 Å². The third kappa shape index (κ3) is 15.9. The van der Waals surface area contributed by atoms with Crippen LogP contribution in [0.4, 0.5) is 5.00 Å². The van der Waals surface area contributed by atoms with E-state index in [0.717, 1.165) is 11.4 Å². The summed E-state index contributed by atoms with van der Waals surface area (Å²) in [5.74, 6) is 0.165. The predicted octanol–water partition coefficient (Wildman–Crippen LogP) is 8.73. The normalized spacial score (nSPS) is 11.0. The van der Waals surface area contributed by atoms with Gasteiger partial charge in [-0.25, -0.2) is 0 Å². The first kappa shape index (κ1) is 24.2. The Hall–Kier alpha value is -0.830. The minimum Gasteiger partial charge on any atom is -0.318 e. The Morgan fingerprint density at radius 1 is 0.741 bits per heavy atom. The van der Waals surface area contributed by atoms with Crippen LogP contribution in [0.3, 0.4) is 0 Å². The molecule has 0 saturated carbocycles. The SMILES string of the molecule is CCCCCCCCCCCCCCCCCCCC(=O)Nc1cccs1. The average Bonchev–Trinajstić information content (AvgIpc) is 3.17. The van der Waals surface area contributed by atoms with Crippen LogP contribution in [0.5, 0.6) is 0 Å². The molecule has 1 heterocycles. The molecule has 0 atom stereocenters. The molecule has 0 spiro atoms. The molecule has 0 radical (unpaired) electrons. The first-order valence-corrected chi connectivity index (χ1v) is 12.5. The highest BCUT2D eigenvalue weighted by Crippen LogP contribution is 2.16. The lowest BCUT2D eigenvalue weighted by Gasteiger charge is -2.04. The Morgan fingerprint density at radius 2 is 1.19 bits per heavy atom. The number of carbonyl (C=O) groups is 1. The molecule has 1 aromatic rings. The summed E-state index contributed by atoms with van der Waals surface area (Å²) in [6.07, 6.45) is 24.0. The van der Waals surface area contributed by atoms with Gasteiger partial charge in [-0.2, -0.15) is 0 Å². The Kier molecular flexibility index (Phi) is 16.6. The van der Waals surface area contributed by atoms with Gasteiger partial charge in [0.1, 0.15) is 0 Å². The summed E-state index contributed by atoms with van der Waals surface area (Å²) < 4.78 is 0. The van der Waals surface area contributed by atoms with Gasteiger partial charge in [-0.3, -0.25) is 4.79 Å². The number of rotatable bonds is 19. The van der Waals surface area contributed by atoms with E-state index in [1.807, 2.05) is 17.5 Å². The van der Waals surface area contributed by atoms with E-state index in [-0.39, 0.29) is 5.91 Å². The van der Waals surface area contributed by atoms with E-state index in [2.05, 4.69) is 12.2 Å². The van der Waals surface area contributed by atoms with E-state index in [1.54, 1.807) is 11.3 Å². The summed E-state index contributed by atoms with van der Waals surface area (Å²) in [5.41, 5.74) is 0. The molecule has 27 heavy (non-hydrogen) atoms. The molecule has 0 aliphatic heterocycles. The Labute approximate surface area is 172 Å². The molecule has 1 rings (SSSR count). The zero-order valence-electron chi connectivity index (χ0n) is 17.8. The molecule has 3 heteroatoms. The van der Waals surface area contributed by atoms with Crippen molar-refractivity contribution in [1.29, 1.82) is 0 Å². The summed E-state index contributed by atoms with van der Waals surface area (Å²) >= 11 is 1.58. The van der Waals surface area contributed by atoms with Gasteiger partial charge in [0.25, 0.3) is 0 Å². The highest BCUT2D eigenvalue weighted by molar-refractivity contribution is 7.14. The van der Waals surface area contributed by atoms with Crippen molar-refractivity contribution in [3.63, 3.8) is 0 Å². The zero-order chi connectivity index (χ0) is 19.4. The molecule has 156 valence electrons. The largest absolute Gasteiger partial charge is 0.318 e. The minimum atomic E-state index is 0.165. The van der Waals surface area contributed by atoms with Crippen LogP contribution in [0.2, 0.25) is 0 Å².